The Balaban J connectivity index is 2.69. The average Bonchev–Trinajstić information content (AvgIpc) is 2.73. The molecule has 0 saturated heterocycles. The van der Waals surface area contributed by atoms with Gasteiger partial charge in [-0.1, -0.05) is 13.8 Å². The van der Waals surface area contributed by atoms with Gasteiger partial charge in [-0.2, -0.15) is 10.4 Å². The molecule has 1 rings (SSSR count). The van der Waals surface area contributed by atoms with Crippen molar-refractivity contribution in [3.8, 4) is 6.07 Å². The molecule has 1 heterocycles. The van der Waals surface area contributed by atoms with Gasteiger partial charge in [0.1, 0.15) is 12.2 Å². The van der Waals surface area contributed by atoms with Crippen molar-refractivity contribution in [1.82, 2.24) is 19.7 Å². The van der Waals surface area contributed by atoms with Crippen molar-refractivity contribution in [1.29, 1.82) is 5.26 Å². The van der Waals surface area contributed by atoms with E-state index >= 15 is 0 Å². The second-order valence-corrected chi connectivity index (χ2v) is 5.25. The van der Waals surface area contributed by atoms with E-state index < -0.39 is 0 Å². The lowest BCUT2D eigenvalue weighted by molar-refractivity contribution is 0.229. The first-order chi connectivity index (χ1) is 8.54. The maximum Gasteiger partial charge on any atom is 0.141 e. The van der Waals surface area contributed by atoms with Crippen molar-refractivity contribution in [3.05, 3.63) is 12.2 Å². The lowest BCUT2D eigenvalue weighted by Gasteiger charge is -2.23. The minimum absolute atomic E-state index is 0.319. The molecule has 0 aliphatic rings. The first kappa shape index (κ1) is 14.7. The third-order valence-electron chi connectivity index (χ3n) is 2.66. The molecule has 5 nitrogen and oxygen atoms in total. The average molecular weight is 249 g/mol. The third-order valence-corrected chi connectivity index (χ3v) is 2.66. The predicted octanol–water partition coefficient (Wildman–Crippen LogP) is 2.23. The highest BCUT2D eigenvalue weighted by Gasteiger charge is 2.13. The molecule has 0 spiro atoms. The van der Waals surface area contributed by atoms with Gasteiger partial charge in [0, 0.05) is 25.6 Å². The van der Waals surface area contributed by atoms with Crippen molar-refractivity contribution in [2.24, 2.45) is 5.92 Å². The smallest absolute Gasteiger partial charge is 0.141 e. The van der Waals surface area contributed by atoms with Crippen LogP contribution in [0.25, 0.3) is 0 Å². The first-order valence-electron chi connectivity index (χ1n) is 6.52. The van der Waals surface area contributed by atoms with Crippen molar-refractivity contribution >= 4 is 0 Å². The largest absolute Gasteiger partial charge is 0.295 e. The fourth-order valence-corrected chi connectivity index (χ4v) is 1.98. The zero-order chi connectivity index (χ0) is 13.5. The van der Waals surface area contributed by atoms with Gasteiger partial charge in [0.25, 0.3) is 0 Å². The molecule has 0 bridgehead atoms. The Labute approximate surface area is 109 Å². The summed E-state index contributed by atoms with van der Waals surface area (Å²) < 4.78 is 1.94. The molecule has 100 valence electrons. The van der Waals surface area contributed by atoms with E-state index in [4.69, 9.17) is 5.26 Å². The second-order valence-electron chi connectivity index (χ2n) is 5.25. The van der Waals surface area contributed by atoms with Gasteiger partial charge in [0.05, 0.1) is 12.6 Å². The van der Waals surface area contributed by atoms with Crippen LogP contribution in [0.2, 0.25) is 0 Å². The molecule has 0 saturated carbocycles. The Morgan fingerprint density at radius 1 is 1.39 bits per heavy atom. The van der Waals surface area contributed by atoms with E-state index in [2.05, 4.69) is 48.7 Å². The van der Waals surface area contributed by atoms with Crippen LogP contribution in [-0.4, -0.2) is 32.8 Å². The molecule has 0 aliphatic carbocycles. The maximum atomic E-state index is 8.71. The summed E-state index contributed by atoms with van der Waals surface area (Å²) in [7, 11) is 0. The summed E-state index contributed by atoms with van der Waals surface area (Å²) in [6, 6.07) is 2.52. The van der Waals surface area contributed by atoms with Gasteiger partial charge >= 0.3 is 0 Å². The number of hydrogen-bond donors (Lipinski definition) is 0. The summed E-state index contributed by atoms with van der Waals surface area (Å²) in [5.74, 6) is 1.56. The second kappa shape index (κ2) is 7.12. The summed E-state index contributed by atoms with van der Waals surface area (Å²) in [6.07, 6.45) is 2.16. The minimum atomic E-state index is 0.319. The van der Waals surface area contributed by atoms with Crippen LogP contribution in [0, 0.1) is 17.2 Å². The highest BCUT2D eigenvalue weighted by Crippen LogP contribution is 2.10. The Hall–Kier alpha value is -1.41. The van der Waals surface area contributed by atoms with E-state index in [1.807, 2.05) is 4.68 Å². The normalized spacial score (nSPS) is 11.4. The van der Waals surface area contributed by atoms with E-state index in [1.54, 1.807) is 6.33 Å². The molecule has 0 N–H and O–H groups in total. The summed E-state index contributed by atoms with van der Waals surface area (Å²) in [5, 5.41) is 13.0. The fourth-order valence-electron chi connectivity index (χ4n) is 1.98. The number of nitrogens with zero attached hydrogens (tertiary/aromatic N) is 5. The number of nitriles is 1. The van der Waals surface area contributed by atoms with Crippen LogP contribution in [-0.2, 0) is 6.54 Å². The number of aromatic nitrogens is 3. The minimum Gasteiger partial charge on any atom is -0.295 e. The molecular formula is C13H23N5. The zero-order valence-corrected chi connectivity index (χ0v) is 11.8. The first-order valence-corrected chi connectivity index (χ1v) is 6.52. The van der Waals surface area contributed by atoms with Crippen LogP contribution in [0.4, 0.5) is 0 Å². The van der Waals surface area contributed by atoms with Crippen LogP contribution in [0.15, 0.2) is 6.33 Å². The van der Waals surface area contributed by atoms with Gasteiger partial charge in [-0.15, -0.1) is 0 Å². The summed E-state index contributed by atoms with van der Waals surface area (Å²) in [5.41, 5.74) is 0. The molecular weight excluding hydrogens is 226 g/mol. The Kier molecular flexibility index (Phi) is 5.79. The van der Waals surface area contributed by atoms with Crippen molar-refractivity contribution in [2.45, 2.75) is 46.7 Å². The van der Waals surface area contributed by atoms with Gasteiger partial charge < -0.3 is 0 Å². The predicted molar refractivity (Wildman–Crippen MR) is 70.8 cm³/mol. The lowest BCUT2D eigenvalue weighted by Crippen LogP contribution is -2.30. The third kappa shape index (κ3) is 4.46. The number of hydrogen-bond acceptors (Lipinski definition) is 4. The zero-order valence-electron chi connectivity index (χ0n) is 11.8. The van der Waals surface area contributed by atoms with Gasteiger partial charge in [0.15, 0.2) is 0 Å². The highest BCUT2D eigenvalue weighted by molar-refractivity contribution is 4.87. The molecule has 0 aromatic carbocycles. The van der Waals surface area contributed by atoms with E-state index in [0.717, 1.165) is 25.5 Å². The summed E-state index contributed by atoms with van der Waals surface area (Å²) in [6.45, 7) is 11.1. The Morgan fingerprint density at radius 3 is 2.67 bits per heavy atom. The van der Waals surface area contributed by atoms with Gasteiger partial charge in [-0.05, 0) is 19.8 Å². The molecule has 5 heteroatoms. The molecule has 18 heavy (non-hydrogen) atoms. The van der Waals surface area contributed by atoms with Crippen LogP contribution in [0.3, 0.4) is 0 Å². The van der Waals surface area contributed by atoms with E-state index in [-0.39, 0.29) is 0 Å². The van der Waals surface area contributed by atoms with Crippen molar-refractivity contribution in [3.63, 3.8) is 0 Å². The standard InChI is InChI=1S/C13H23N5/c1-11(2)8-17(7-5-6-14)9-13-15-10-16-18(13)12(3)4/h10-12H,5,7-9H2,1-4H3. The molecule has 0 aliphatic heterocycles. The van der Waals surface area contributed by atoms with Crippen LogP contribution < -0.4 is 0 Å². The molecule has 0 radical (unpaired) electrons. The van der Waals surface area contributed by atoms with Crippen molar-refractivity contribution in [2.75, 3.05) is 13.1 Å². The monoisotopic (exact) mass is 249 g/mol. The molecule has 0 atom stereocenters. The molecule has 1 aromatic heterocycles. The van der Waals surface area contributed by atoms with Crippen molar-refractivity contribution < 1.29 is 0 Å². The van der Waals surface area contributed by atoms with E-state index in [0.29, 0.717) is 18.4 Å². The molecule has 1 aromatic rings. The molecule has 0 amide bonds. The SMILES string of the molecule is CC(C)CN(CCC#N)Cc1ncnn1C(C)C. The van der Waals surface area contributed by atoms with Crippen LogP contribution in [0.5, 0.6) is 0 Å². The van der Waals surface area contributed by atoms with E-state index in [9.17, 15) is 0 Å². The molecule has 0 unspecified atom stereocenters. The number of rotatable bonds is 7. The summed E-state index contributed by atoms with van der Waals surface area (Å²) >= 11 is 0. The quantitative estimate of drug-likeness (QED) is 0.743. The highest BCUT2D eigenvalue weighted by atomic mass is 15.4. The van der Waals surface area contributed by atoms with E-state index in [1.165, 1.54) is 0 Å². The van der Waals surface area contributed by atoms with Gasteiger partial charge in [0.2, 0.25) is 0 Å². The van der Waals surface area contributed by atoms with Crippen LogP contribution >= 0.6 is 0 Å². The maximum absolute atomic E-state index is 8.71. The molecule has 0 fully saturated rings. The Morgan fingerprint density at radius 2 is 2.11 bits per heavy atom. The topological polar surface area (TPSA) is 57.7 Å². The fraction of sp³-hybridized carbons (Fsp3) is 0.769. The van der Waals surface area contributed by atoms with Crippen LogP contribution in [0.1, 0.15) is 46.0 Å². The Bertz CT molecular complexity index is 388. The van der Waals surface area contributed by atoms with Gasteiger partial charge in [-0.3, -0.25) is 4.90 Å². The lowest BCUT2D eigenvalue weighted by atomic mass is 10.2. The van der Waals surface area contributed by atoms with Gasteiger partial charge in [-0.25, -0.2) is 9.67 Å². The summed E-state index contributed by atoms with van der Waals surface area (Å²) in [4.78, 5) is 6.59.